The van der Waals surface area contributed by atoms with Crippen molar-refractivity contribution >= 4 is 6.09 Å². The van der Waals surface area contributed by atoms with E-state index in [0.29, 0.717) is 13.1 Å². The molecule has 1 amide bonds. The van der Waals surface area contributed by atoms with E-state index >= 15 is 0 Å². The molecule has 0 aliphatic heterocycles. The maximum atomic E-state index is 11.8. The number of rotatable bonds is 5. The topological polar surface area (TPSA) is 55.6 Å². The third-order valence-electron chi connectivity index (χ3n) is 1.94. The zero-order valence-corrected chi connectivity index (χ0v) is 11.2. The van der Waals surface area contributed by atoms with Gasteiger partial charge in [-0.25, -0.2) is 4.79 Å². The van der Waals surface area contributed by atoms with E-state index in [4.69, 9.17) is 10.5 Å². The van der Waals surface area contributed by atoms with Crippen molar-refractivity contribution in [3.05, 3.63) is 0 Å². The summed E-state index contributed by atoms with van der Waals surface area (Å²) in [5, 5.41) is 0. The molecule has 0 fully saturated rings. The van der Waals surface area contributed by atoms with Crippen molar-refractivity contribution in [2.45, 2.75) is 59.1 Å². The SMILES string of the molecule is CCCCN(C[C@@H](C)N)C(=O)OC(C)(C)C. The summed E-state index contributed by atoms with van der Waals surface area (Å²) in [5.41, 5.74) is 5.27. The zero-order chi connectivity index (χ0) is 12.8. The van der Waals surface area contributed by atoms with Crippen LogP contribution < -0.4 is 5.73 Å². The van der Waals surface area contributed by atoms with E-state index in [1.807, 2.05) is 27.7 Å². The van der Waals surface area contributed by atoms with E-state index < -0.39 is 5.60 Å². The van der Waals surface area contributed by atoms with Gasteiger partial charge in [0.05, 0.1) is 0 Å². The second-order valence-corrected chi connectivity index (χ2v) is 5.26. The lowest BCUT2D eigenvalue weighted by atomic mass is 10.2. The standard InChI is InChI=1S/C12H26N2O2/c1-6-7-8-14(9-10(2)13)11(15)16-12(3,4)5/h10H,6-9,13H2,1-5H3/t10-/m1/s1. The van der Waals surface area contributed by atoms with E-state index in [-0.39, 0.29) is 12.1 Å². The molecule has 0 aromatic heterocycles. The summed E-state index contributed by atoms with van der Waals surface area (Å²) in [6.07, 6.45) is 1.77. The molecule has 0 spiro atoms. The van der Waals surface area contributed by atoms with Crippen LogP contribution in [0.15, 0.2) is 0 Å². The normalized spacial score (nSPS) is 13.4. The maximum Gasteiger partial charge on any atom is 0.410 e. The van der Waals surface area contributed by atoms with Crippen LogP contribution in [-0.2, 0) is 4.74 Å². The van der Waals surface area contributed by atoms with Crippen molar-refractivity contribution in [3.8, 4) is 0 Å². The lowest BCUT2D eigenvalue weighted by Gasteiger charge is -2.28. The van der Waals surface area contributed by atoms with Gasteiger partial charge in [0.15, 0.2) is 0 Å². The van der Waals surface area contributed by atoms with Gasteiger partial charge < -0.3 is 15.4 Å². The highest BCUT2D eigenvalue weighted by Crippen LogP contribution is 2.10. The molecule has 0 aliphatic carbocycles. The van der Waals surface area contributed by atoms with Gasteiger partial charge in [-0.1, -0.05) is 13.3 Å². The highest BCUT2D eigenvalue weighted by Gasteiger charge is 2.22. The van der Waals surface area contributed by atoms with Gasteiger partial charge in [0.2, 0.25) is 0 Å². The minimum atomic E-state index is -0.445. The molecule has 0 unspecified atom stereocenters. The van der Waals surface area contributed by atoms with Gasteiger partial charge in [0.1, 0.15) is 5.60 Å². The lowest BCUT2D eigenvalue weighted by Crippen LogP contribution is -2.43. The van der Waals surface area contributed by atoms with Crippen molar-refractivity contribution in [3.63, 3.8) is 0 Å². The van der Waals surface area contributed by atoms with Crippen LogP contribution in [0.5, 0.6) is 0 Å². The zero-order valence-electron chi connectivity index (χ0n) is 11.2. The van der Waals surface area contributed by atoms with Crippen molar-refractivity contribution in [1.82, 2.24) is 4.90 Å². The summed E-state index contributed by atoms with van der Waals surface area (Å²) in [4.78, 5) is 13.5. The molecule has 0 aliphatic rings. The number of carbonyl (C=O) groups excluding carboxylic acids is 1. The molecule has 1 atom stereocenters. The van der Waals surface area contributed by atoms with Crippen LogP contribution in [0.2, 0.25) is 0 Å². The summed E-state index contributed by atoms with van der Waals surface area (Å²) in [7, 11) is 0. The maximum absolute atomic E-state index is 11.8. The van der Waals surface area contributed by atoms with Gasteiger partial charge in [-0.3, -0.25) is 0 Å². The Morgan fingerprint density at radius 1 is 1.44 bits per heavy atom. The molecule has 0 saturated heterocycles. The van der Waals surface area contributed by atoms with Gasteiger partial charge in [0, 0.05) is 19.1 Å². The van der Waals surface area contributed by atoms with Gasteiger partial charge in [0.25, 0.3) is 0 Å². The Balaban J connectivity index is 4.31. The smallest absolute Gasteiger partial charge is 0.410 e. The molecule has 0 bridgehead atoms. The lowest BCUT2D eigenvalue weighted by molar-refractivity contribution is 0.0239. The molecule has 0 aromatic carbocycles. The quantitative estimate of drug-likeness (QED) is 0.789. The van der Waals surface area contributed by atoms with Crippen LogP contribution in [0.4, 0.5) is 4.79 Å². The molecule has 0 saturated carbocycles. The van der Waals surface area contributed by atoms with Crippen molar-refractivity contribution in [2.75, 3.05) is 13.1 Å². The summed E-state index contributed by atoms with van der Waals surface area (Å²) < 4.78 is 5.33. The van der Waals surface area contributed by atoms with E-state index in [1.54, 1.807) is 4.90 Å². The summed E-state index contributed by atoms with van der Waals surface area (Å²) in [5.74, 6) is 0. The summed E-state index contributed by atoms with van der Waals surface area (Å²) in [6.45, 7) is 10.9. The highest BCUT2D eigenvalue weighted by atomic mass is 16.6. The molecule has 16 heavy (non-hydrogen) atoms. The number of hydrogen-bond acceptors (Lipinski definition) is 3. The fraction of sp³-hybridized carbons (Fsp3) is 0.917. The predicted molar refractivity (Wildman–Crippen MR) is 66.4 cm³/mol. The Morgan fingerprint density at radius 2 is 2.00 bits per heavy atom. The number of unbranched alkanes of at least 4 members (excludes halogenated alkanes) is 1. The number of hydrogen-bond donors (Lipinski definition) is 1. The second-order valence-electron chi connectivity index (χ2n) is 5.26. The average Bonchev–Trinajstić information content (AvgIpc) is 2.08. The Morgan fingerprint density at radius 3 is 2.38 bits per heavy atom. The highest BCUT2D eigenvalue weighted by molar-refractivity contribution is 5.68. The fourth-order valence-electron chi connectivity index (χ4n) is 1.28. The molecule has 0 aromatic rings. The molecule has 4 nitrogen and oxygen atoms in total. The molecular weight excluding hydrogens is 204 g/mol. The molecule has 0 rings (SSSR count). The van der Waals surface area contributed by atoms with Crippen molar-refractivity contribution < 1.29 is 9.53 Å². The van der Waals surface area contributed by atoms with Gasteiger partial charge in [-0.15, -0.1) is 0 Å². The minimum absolute atomic E-state index is 0.0237. The first-order valence-electron chi connectivity index (χ1n) is 5.99. The van der Waals surface area contributed by atoms with Crippen LogP contribution in [0.1, 0.15) is 47.5 Å². The third kappa shape index (κ3) is 7.51. The Kier molecular flexibility index (Phi) is 6.41. The largest absolute Gasteiger partial charge is 0.444 e. The van der Waals surface area contributed by atoms with Crippen molar-refractivity contribution in [1.29, 1.82) is 0 Å². The molecule has 4 heteroatoms. The van der Waals surface area contributed by atoms with Crippen molar-refractivity contribution in [2.24, 2.45) is 5.73 Å². The van der Waals surface area contributed by atoms with Crippen LogP contribution >= 0.6 is 0 Å². The Labute approximate surface area is 99.1 Å². The van der Waals surface area contributed by atoms with Gasteiger partial charge >= 0.3 is 6.09 Å². The van der Waals surface area contributed by atoms with Gasteiger partial charge in [-0.05, 0) is 34.1 Å². The fourth-order valence-corrected chi connectivity index (χ4v) is 1.28. The first kappa shape index (κ1) is 15.2. The second kappa shape index (κ2) is 6.74. The number of nitrogens with zero attached hydrogens (tertiary/aromatic N) is 1. The first-order chi connectivity index (χ1) is 7.26. The van der Waals surface area contributed by atoms with Crippen LogP contribution in [0, 0.1) is 0 Å². The third-order valence-corrected chi connectivity index (χ3v) is 1.94. The van der Waals surface area contributed by atoms with E-state index in [2.05, 4.69) is 6.92 Å². The summed E-state index contributed by atoms with van der Waals surface area (Å²) in [6, 6.07) is -0.0237. The number of ether oxygens (including phenoxy) is 1. The van der Waals surface area contributed by atoms with Gasteiger partial charge in [-0.2, -0.15) is 0 Å². The average molecular weight is 230 g/mol. The minimum Gasteiger partial charge on any atom is -0.444 e. The summed E-state index contributed by atoms with van der Waals surface area (Å²) >= 11 is 0. The van der Waals surface area contributed by atoms with E-state index in [1.165, 1.54) is 0 Å². The Bertz CT molecular complexity index is 210. The Hall–Kier alpha value is -0.770. The van der Waals surface area contributed by atoms with Crippen LogP contribution in [0.3, 0.4) is 0 Å². The molecule has 96 valence electrons. The predicted octanol–water partition coefficient (Wildman–Crippen LogP) is 2.37. The molecule has 0 heterocycles. The number of amides is 1. The first-order valence-corrected chi connectivity index (χ1v) is 5.99. The monoisotopic (exact) mass is 230 g/mol. The van der Waals surface area contributed by atoms with Crippen LogP contribution in [-0.4, -0.2) is 35.7 Å². The van der Waals surface area contributed by atoms with E-state index in [0.717, 1.165) is 12.8 Å². The molecular formula is C12H26N2O2. The van der Waals surface area contributed by atoms with Crippen LogP contribution in [0.25, 0.3) is 0 Å². The van der Waals surface area contributed by atoms with E-state index in [9.17, 15) is 4.79 Å². The number of nitrogens with two attached hydrogens (primary N) is 1. The molecule has 2 N–H and O–H groups in total. The molecule has 0 radical (unpaired) electrons. The number of carbonyl (C=O) groups is 1.